The van der Waals surface area contributed by atoms with Gasteiger partial charge in [-0.1, -0.05) is 31.5 Å². The average molecular weight is 349 g/mol. The van der Waals surface area contributed by atoms with E-state index in [1.807, 2.05) is 39.0 Å². The quantitative estimate of drug-likeness (QED) is 0.896. The fraction of sp³-hybridized carbons (Fsp3) is 0.444. The number of nitrogens with one attached hydrogen (secondary N) is 1. The van der Waals surface area contributed by atoms with Crippen LogP contribution in [0, 0.1) is 12.8 Å². The summed E-state index contributed by atoms with van der Waals surface area (Å²) >= 11 is 0. The molecule has 0 saturated heterocycles. The van der Waals surface area contributed by atoms with Crippen LogP contribution in [0.25, 0.3) is 0 Å². The van der Waals surface area contributed by atoms with E-state index >= 15 is 0 Å². The van der Waals surface area contributed by atoms with E-state index in [0.717, 1.165) is 11.1 Å². The van der Waals surface area contributed by atoms with Gasteiger partial charge in [0.1, 0.15) is 12.4 Å². The van der Waals surface area contributed by atoms with Gasteiger partial charge in [-0.15, -0.1) is 0 Å². The van der Waals surface area contributed by atoms with Gasteiger partial charge in [-0.05, 0) is 18.9 Å². The number of alkyl halides is 2. The number of aryl methyl sites for hydroxylation is 1. The highest BCUT2D eigenvalue weighted by molar-refractivity contribution is 5.94. The van der Waals surface area contributed by atoms with E-state index < -0.39 is 12.3 Å². The third kappa shape index (κ3) is 3.65. The van der Waals surface area contributed by atoms with Crippen LogP contribution < -0.4 is 10.1 Å². The van der Waals surface area contributed by atoms with Crippen molar-refractivity contribution in [2.75, 3.05) is 6.61 Å². The Bertz CT molecular complexity index is 787. The first kappa shape index (κ1) is 17.4. The van der Waals surface area contributed by atoms with Gasteiger partial charge in [0.2, 0.25) is 0 Å². The Hall–Kier alpha value is -2.44. The number of aromatic nitrogens is 2. The van der Waals surface area contributed by atoms with E-state index in [2.05, 4.69) is 10.4 Å². The monoisotopic (exact) mass is 349 g/mol. The van der Waals surface area contributed by atoms with Crippen LogP contribution in [0.4, 0.5) is 8.78 Å². The molecule has 0 radical (unpaired) electrons. The van der Waals surface area contributed by atoms with Crippen LogP contribution in [-0.4, -0.2) is 22.3 Å². The molecule has 0 aliphatic carbocycles. The van der Waals surface area contributed by atoms with Crippen LogP contribution in [0.1, 0.15) is 53.5 Å². The minimum atomic E-state index is -2.75. The molecule has 0 spiro atoms. The molecular formula is C18H21F2N3O2. The molecule has 0 fully saturated rings. The minimum absolute atomic E-state index is 0.225. The number of fused-ring (bicyclic) bond motifs is 1. The summed E-state index contributed by atoms with van der Waals surface area (Å²) in [5.74, 6) is 0.329. The Morgan fingerprint density at radius 2 is 2.20 bits per heavy atom. The summed E-state index contributed by atoms with van der Waals surface area (Å²) < 4.78 is 33.5. The molecular weight excluding hydrogens is 328 g/mol. The zero-order chi connectivity index (χ0) is 18.1. The van der Waals surface area contributed by atoms with Gasteiger partial charge >= 0.3 is 0 Å². The summed E-state index contributed by atoms with van der Waals surface area (Å²) in [5, 5.41) is 6.84. The summed E-state index contributed by atoms with van der Waals surface area (Å²) in [7, 11) is 0. The Kier molecular flexibility index (Phi) is 4.74. The lowest BCUT2D eigenvalue weighted by atomic mass is 10.1. The molecule has 2 aromatic rings. The van der Waals surface area contributed by atoms with Crippen molar-refractivity contribution in [2.24, 2.45) is 5.92 Å². The molecule has 7 heteroatoms. The number of benzene rings is 1. The van der Waals surface area contributed by atoms with Crippen molar-refractivity contribution in [3.05, 3.63) is 46.8 Å². The van der Waals surface area contributed by atoms with Crippen molar-refractivity contribution in [3.8, 4) is 5.75 Å². The van der Waals surface area contributed by atoms with Crippen LogP contribution >= 0.6 is 0 Å². The van der Waals surface area contributed by atoms with E-state index in [9.17, 15) is 13.6 Å². The van der Waals surface area contributed by atoms with Crippen molar-refractivity contribution in [1.29, 1.82) is 0 Å². The van der Waals surface area contributed by atoms with Gasteiger partial charge in [-0.3, -0.25) is 9.48 Å². The number of carbonyl (C=O) groups is 1. The predicted octanol–water partition coefficient (Wildman–Crippen LogP) is 3.65. The summed E-state index contributed by atoms with van der Waals surface area (Å²) in [4.78, 5) is 12.5. The van der Waals surface area contributed by atoms with Crippen molar-refractivity contribution in [3.63, 3.8) is 0 Å². The fourth-order valence-corrected chi connectivity index (χ4v) is 2.92. The maximum absolute atomic E-state index is 13.3. The number of hydrogen-bond acceptors (Lipinski definition) is 3. The number of carbonyl (C=O) groups excluding carboxylic acids is 1. The number of nitrogens with zero attached hydrogens (tertiary/aromatic N) is 2. The standard InChI is InChI=1S/C18H21F2N3O2/c1-10(2)7-23-8-13(17(19)20)16(22-23)18(24)21-14-9-25-15-5-4-11(3)6-12(14)15/h4-6,8,10,14,17H,7,9H2,1-3H3,(H,21,24)/t14-/m1/s1. The average Bonchev–Trinajstić information content (AvgIpc) is 3.11. The maximum atomic E-state index is 13.3. The number of amides is 1. The molecule has 25 heavy (non-hydrogen) atoms. The van der Waals surface area contributed by atoms with E-state index in [1.54, 1.807) is 0 Å². The van der Waals surface area contributed by atoms with Gasteiger partial charge in [0, 0.05) is 18.3 Å². The predicted molar refractivity (Wildman–Crippen MR) is 88.9 cm³/mol. The minimum Gasteiger partial charge on any atom is -0.491 e. The first-order valence-corrected chi connectivity index (χ1v) is 8.25. The lowest BCUT2D eigenvalue weighted by molar-refractivity contribution is 0.0911. The van der Waals surface area contributed by atoms with Crippen molar-refractivity contribution in [1.82, 2.24) is 15.1 Å². The van der Waals surface area contributed by atoms with Crippen LogP contribution in [0.3, 0.4) is 0 Å². The zero-order valence-corrected chi connectivity index (χ0v) is 14.4. The molecule has 1 amide bonds. The van der Waals surface area contributed by atoms with Crippen LogP contribution in [0.2, 0.25) is 0 Å². The van der Waals surface area contributed by atoms with Crippen LogP contribution in [-0.2, 0) is 6.54 Å². The summed E-state index contributed by atoms with van der Waals surface area (Å²) in [6.45, 7) is 6.61. The highest BCUT2D eigenvalue weighted by atomic mass is 19.3. The van der Waals surface area contributed by atoms with Gasteiger partial charge in [-0.25, -0.2) is 8.78 Å². The lowest BCUT2D eigenvalue weighted by Gasteiger charge is -2.12. The number of ether oxygens (including phenoxy) is 1. The molecule has 0 unspecified atom stereocenters. The lowest BCUT2D eigenvalue weighted by Crippen LogP contribution is -2.30. The third-order valence-electron chi connectivity index (χ3n) is 4.04. The Labute approximate surface area is 145 Å². The zero-order valence-electron chi connectivity index (χ0n) is 14.4. The van der Waals surface area contributed by atoms with E-state index in [-0.39, 0.29) is 29.8 Å². The molecule has 5 nitrogen and oxygen atoms in total. The SMILES string of the molecule is Cc1ccc2c(c1)[C@H](NC(=O)c1nn(CC(C)C)cc1C(F)F)CO2. The first-order chi connectivity index (χ1) is 11.8. The second-order valence-corrected chi connectivity index (χ2v) is 6.73. The number of rotatable bonds is 5. The third-order valence-corrected chi connectivity index (χ3v) is 4.04. The molecule has 1 aromatic heterocycles. The van der Waals surface area contributed by atoms with Gasteiger partial charge < -0.3 is 10.1 Å². The molecule has 1 aliphatic rings. The molecule has 0 saturated carbocycles. The van der Waals surface area contributed by atoms with Gasteiger partial charge in [0.15, 0.2) is 5.69 Å². The van der Waals surface area contributed by atoms with E-state index in [0.29, 0.717) is 12.3 Å². The molecule has 1 aliphatic heterocycles. The first-order valence-electron chi connectivity index (χ1n) is 8.25. The Morgan fingerprint density at radius 1 is 1.44 bits per heavy atom. The van der Waals surface area contributed by atoms with Crippen LogP contribution in [0.5, 0.6) is 5.75 Å². The second-order valence-electron chi connectivity index (χ2n) is 6.73. The number of hydrogen-bond donors (Lipinski definition) is 1. The topological polar surface area (TPSA) is 56.2 Å². The molecule has 3 rings (SSSR count). The Morgan fingerprint density at radius 3 is 2.88 bits per heavy atom. The molecule has 1 N–H and O–H groups in total. The van der Waals surface area contributed by atoms with Crippen molar-refractivity contribution in [2.45, 2.75) is 39.8 Å². The molecule has 1 aromatic carbocycles. The highest BCUT2D eigenvalue weighted by Crippen LogP contribution is 2.33. The Balaban J connectivity index is 1.82. The summed E-state index contributed by atoms with van der Waals surface area (Å²) in [6, 6.07) is 5.33. The van der Waals surface area contributed by atoms with E-state index in [1.165, 1.54) is 10.9 Å². The van der Waals surface area contributed by atoms with Gasteiger partial charge in [0.05, 0.1) is 11.6 Å². The fourth-order valence-electron chi connectivity index (χ4n) is 2.92. The van der Waals surface area contributed by atoms with Gasteiger partial charge in [0.25, 0.3) is 12.3 Å². The molecule has 1 atom stereocenters. The van der Waals surface area contributed by atoms with Crippen molar-refractivity contribution >= 4 is 5.91 Å². The molecule has 2 heterocycles. The highest BCUT2D eigenvalue weighted by Gasteiger charge is 2.29. The second kappa shape index (κ2) is 6.82. The maximum Gasteiger partial charge on any atom is 0.272 e. The molecule has 0 bridgehead atoms. The normalized spacial score (nSPS) is 16.2. The summed E-state index contributed by atoms with van der Waals surface area (Å²) in [6.07, 6.45) is -1.50. The smallest absolute Gasteiger partial charge is 0.272 e. The van der Waals surface area contributed by atoms with Crippen LogP contribution in [0.15, 0.2) is 24.4 Å². The molecule has 134 valence electrons. The van der Waals surface area contributed by atoms with Gasteiger partial charge in [-0.2, -0.15) is 5.10 Å². The largest absolute Gasteiger partial charge is 0.491 e. The van der Waals surface area contributed by atoms with E-state index in [4.69, 9.17) is 4.74 Å². The summed E-state index contributed by atoms with van der Waals surface area (Å²) in [5.41, 5.74) is 1.32. The number of halogens is 2. The van der Waals surface area contributed by atoms with Crippen molar-refractivity contribution < 1.29 is 18.3 Å².